The SMILES string of the molecule is NC1Cc2ccccc2N(C(=O)c2cc(Cl)cc(Br)c2)C1. The molecule has 1 aliphatic heterocycles. The molecule has 2 N–H and O–H groups in total. The summed E-state index contributed by atoms with van der Waals surface area (Å²) in [5.41, 5.74) is 8.67. The molecule has 0 aliphatic carbocycles. The van der Waals surface area contributed by atoms with Gasteiger partial charge in [-0.3, -0.25) is 4.79 Å². The number of para-hydroxylation sites is 1. The maximum absolute atomic E-state index is 12.8. The molecule has 5 heteroatoms. The Morgan fingerprint density at radius 1 is 1.29 bits per heavy atom. The molecule has 0 radical (unpaired) electrons. The zero-order chi connectivity index (χ0) is 15.0. The zero-order valence-corrected chi connectivity index (χ0v) is 13.6. The number of nitrogens with zero attached hydrogens (tertiary/aromatic N) is 1. The minimum atomic E-state index is -0.0826. The van der Waals surface area contributed by atoms with Crippen LogP contribution in [0, 0.1) is 0 Å². The Balaban J connectivity index is 2.02. The number of hydrogen-bond donors (Lipinski definition) is 1. The number of hydrogen-bond acceptors (Lipinski definition) is 2. The van der Waals surface area contributed by atoms with Crippen LogP contribution < -0.4 is 10.6 Å². The zero-order valence-electron chi connectivity index (χ0n) is 11.2. The fourth-order valence-corrected chi connectivity index (χ4v) is 3.51. The predicted molar refractivity (Wildman–Crippen MR) is 88.9 cm³/mol. The van der Waals surface area contributed by atoms with Crippen molar-refractivity contribution >= 4 is 39.1 Å². The maximum Gasteiger partial charge on any atom is 0.258 e. The van der Waals surface area contributed by atoms with Crippen LogP contribution in [0.3, 0.4) is 0 Å². The van der Waals surface area contributed by atoms with Crippen molar-refractivity contribution in [3.8, 4) is 0 Å². The number of nitrogens with two attached hydrogens (primary N) is 1. The van der Waals surface area contributed by atoms with Gasteiger partial charge in [0.15, 0.2) is 0 Å². The van der Waals surface area contributed by atoms with Crippen LogP contribution in [0.2, 0.25) is 5.02 Å². The van der Waals surface area contributed by atoms with E-state index in [4.69, 9.17) is 17.3 Å². The van der Waals surface area contributed by atoms with E-state index < -0.39 is 0 Å². The molecule has 2 aromatic rings. The topological polar surface area (TPSA) is 46.3 Å². The molecule has 1 unspecified atom stereocenters. The average molecular weight is 366 g/mol. The lowest BCUT2D eigenvalue weighted by molar-refractivity contribution is 0.0983. The first-order chi connectivity index (χ1) is 10.0. The van der Waals surface area contributed by atoms with Gasteiger partial charge in [0.2, 0.25) is 0 Å². The van der Waals surface area contributed by atoms with E-state index >= 15 is 0 Å². The molecule has 3 rings (SSSR count). The number of amides is 1. The largest absolute Gasteiger partial charge is 0.326 e. The molecule has 108 valence electrons. The van der Waals surface area contributed by atoms with Gasteiger partial charge in [-0.15, -0.1) is 0 Å². The third kappa shape index (κ3) is 2.98. The molecule has 3 nitrogen and oxygen atoms in total. The van der Waals surface area contributed by atoms with Crippen LogP contribution in [0.25, 0.3) is 0 Å². The van der Waals surface area contributed by atoms with Gasteiger partial charge in [-0.05, 0) is 36.2 Å². The summed E-state index contributed by atoms with van der Waals surface area (Å²) in [6.07, 6.45) is 0.791. The Morgan fingerprint density at radius 3 is 2.81 bits per heavy atom. The number of carbonyl (C=O) groups is 1. The van der Waals surface area contributed by atoms with E-state index in [9.17, 15) is 4.79 Å². The predicted octanol–water partition coefficient (Wildman–Crippen LogP) is 3.63. The van der Waals surface area contributed by atoms with E-state index in [1.54, 1.807) is 23.1 Å². The van der Waals surface area contributed by atoms with E-state index in [1.165, 1.54) is 0 Å². The standard InChI is InChI=1S/C16H14BrClN2O/c17-12-5-11(6-13(18)8-12)16(21)20-9-14(19)7-10-3-1-2-4-15(10)20/h1-6,8,14H,7,9,19H2. The molecule has 0 spiro atoms. The number of anilines is 1. The van der Waals surface area contributed by atoms with Crippen molar-refractivity contribution in [2.24, 2.45) is 5.73 Å². The van der Waals surface area contributed by atoms with Gasteiger partial charge in [-0.1, -0.05) is 45.7 Å². The molecule has 0 saturated carbocycles. The summed E-state index contributed by atoms with van der Waals surface area (Å²) in [6.45, 7) is 0.514. The summed E-state index contributed by atoms with van der Waals surface area (Å²) in [4.78, 5) is 14.5. The maximum atomic E-state index is 12.8. The lowest BCUT2D eigenvalue weighted by Crippen LogP contribution is -2.46. The summed E-state index contributed by atoms with van der Waals surface area (Å²) >= 11 is 9.41. The van der Waals surface area contributed by atoms with Crippen molar-refractivity contribution < 1.29 is 4.79 Å². The first-order valence-corrected chi connectivity index (χ1v) is 7.83. The number of carbonyl (C=O) groups excluding carboxylic acids is 1. The van der Waals surface area contributed by atoms with Gasteiger partial charge >= 0.3 is 0 Å². The van der Waals surface area contributed by atoms with E-state index in [0.29, 0.717) is 17.1 Å². The molecule has 0 bridgehead atoms. The molecule has 0 aromatic heterocycles. The highest BCUT2D eigenvalue weighted by molar-refractivity contribution is 9.10. The number of fused-ring (bicyclic) bond motifs is 1. The van der Waals surface area contributed by atoms with Crippen LogP contribution in [0.1, 0.15) is 15.9 Å². The van der Waals surface area contributed by atoms with E-state index in [1.807, 2.05) is 24.3 Å². The van der Waals surface area contributed by atoms with Crippen molar-refractivity contribution in [2.75, 3.05) is 11.4 Å². The highest BCUT2D eigenvalue weighted by Gasteiger charge is 2.27. The Morgan fingerprint density at radius 2 is 2.05 bits per heavy atom. The average Bonchev–Trinajstić information content (AvgIpc) is 2.44. The molecular formula is C16H14BrClN2O. The Labute approximate surface area is 136 Å². The lowest BCUT2D eigenvalue weighted by Gasteiger charge is -2.33. The first kappa shape index (κ1) is 14.6. The third-order valence-corrected chi connectivity index (χ3v) is 4.21. The highest BCUT2D eigenvalue weighted by atomic mass is 79.9. The van der Waals surface area contributed by atoms with E-state index in [-0.39, 0.29) is 11.9 Å². The molecular weight excluding hydrogens is 352 g/mol. The van der Waals surface area contributed by atoms with Crippen LogP contribution in [-0.2, 0) is 6.42 Å². The first-order valence-electron chi connectivity index (χ1n) is 6.66. The second-order valence-corrected chi connectivity index (χ2v) is 6.52. The summed E-state index contributed by atoms with van der Waals surface area (Å²) in [5.74, 6) is -0.0826. The van der Waals surface area contributed by atoms with Crippen molar-refractivity contribution in [1.29, 1.82) is 0 Å². The van der Waals surface area contributed by atoms with Crippen molar-refractivity contribution in [1.82, 2.24) is 0 Å². The van der Waals surface area contributed by atoms with Gasteiger partial charge in [-0.2, -0.15) is 0 Å². The summed E-state index contributed by atoms with van der Waals surface area (Å²) in [5, 5.41) is 0.530. The van der Waals surface area contributed by atoms with Gasteiger partial charge in [0.05, 0.1) is 0 Å². The lowest BCUT2D eigenvalue weighted by atomic mass is 9.97. The third-order valence-electron chi connectivity index (χ3n) is 3.54. The second-order valence-electron chi connectivity index (χ2n) is 5.17. The minimum absolute atomic E-state index is 0.0496. The molecule has 0 saturated heterocycles. The fourth-order valence-electron chi connectivity index (χ4n) is 2.65. The Bertz CT molecular complexity index is 684. The molecule has 21 heavy (non-hydrogen) atoms. The van der Waals surface area contributed by atoms with Gasteiger partial charge in [0, 0.05) is 33.3 Å². The van der Waals surface area contributed by atoms with E-state index in [2.05, 4.69) is 15.9 Å². The van der Waals surface area contributed by atoms with Crippen LogP contribution in [-0.4, -0.2) is 18.5 Å². The van der Waals surface area contributed by atoms with Gasteiger partial charge in [-0.25, -0.2) is 0 Å². The normalized spacial score (nSPS) is 17.5. The van der Waals surface area contributed by atoms with Gasteiger partial charge < -0.3 is 10.6 Å². The van der Waals surface area contributed by atoms with Crippen LogP contribution in [0.5, 0.6) is 0 Å². The number of benzene rings is 2. The van der Waals surface area contributed by atoms with E-state index in [0.717, 1.165) is 22.1 Å². The summed E-state index contributed by atoms with van der Waals surface area (Å²) in [6, 6.07) is 13.0. The molecule has 0 fully saturated rings. The molecule has 1 amide bonds. The quantitative estimate of drug-likeness (QED) is 0.839. The van der Waals surface area contributed by atoms with Gasteiger partial charge in [0.25, 0.3) is 5.91 Å². The van der Waals surface area contributed by atoms with Crippen molar-refractivity contribution in [3.05, 3.63) is 63.1 Å². The monoisotopic (exact) mass is 364 g/mol. The highest BCUT2D eigenvalue weighted by Crippen LogP contribution is 2.29. The smallest absolute Gasteiger partial charge is 0.258 e. The van der Waals surface area contributed by atoms with Crippen molar-refractivity contribution in [2.45, 2.75) is 12.5 Å². The molecule has 1 aliphatic rings. The van der Waals surface area contributed by atoms with Crippen LogP contribution in [0.4, 0.5) is 5.69 Å². The van der Waals surface area contributed by atoms with Gasteiger partial charge in [0.1, 0.15) is 0 Å². The number of halogens is 2. The summed E-state index contributed by atoms with van der Waals surface area (Å²) < 4.78 is 0.785. The molecule has 1 heterocycles. The molecule has 1 atom stereocenters. The number of rotatable bonds is 1. The molecule has 2 aromatic carbocycles. The van der Waals surface area contributed by atoms with Crippen LogP contribution in [0.15, 0.2) is 46.9 Å². The van der Waals surface area contributed by atoms with Crippen LogP contribution >= 0.6 is 27.5 Å². The second kappa shape index (κ2) is 5.79. The summed E-state index contributed by atoms with van der Waals surface area (Å²) in [7, 11) is 0. The Kier molecular flexibility index (Phi) is 4.02. The van der Waals surface area contributed by atoms with Crippen molar-refractivity contribution in [3.63, 3.8) is 0 Å². The fraction of sp³-hybridized carbons (Fsp3) is 0.188. The minimum Gasteiger partial charge on any atom is -0.326 e. The Hall–Kier alpha value is -1.36.